The van der Waals surface area contributed by atoms with Crippen LogP contribution in [0.15, 0.2) is 14.7 Å². The molecule has 1 aliphatic heterocycles. The number of aryl methyl sites for hydroxylation is 1. The van der Waals surface area contributed by atoms with E-state index in [9.17, 15) is 14.4 Å². The lowest BCUT2D eigenvalue weighted by molar-refractivity contribution is -0.115. The number of fused-ring (bicyclic) bond motifs is 3. The molecule has 0 aromatic carbocycles. The first kappa shape index (κ1) is 15.2. The van der Waals surface area contributed by atoms with Crippen LogP contribution < -0.4 is 16.3 Å². The standard InChI is InChI=1S/C14H18N6O3/c1-7(21)6-19-13-15-11-10(20(13)9(3)8(2)16-19)12(22)18(5)14(23)17(11)4/h9H,6H2,1-5H3/t9-/m1/s1. The Morgan fingerprint density at radius 2 is 1.87 bits per heavy atom. The van der Waals surface area contributed by atoms with Gasteiger partial charge < -0.3 is 0 Å². The van der Waals surface area contributed by atoms with Crippen LogP contribution >= 0.6 is 0 Å². The minimum atomic E-state index is -0.443. The molecular formula is C14H18N6O3. The largest absolute Gasteiger partial charge is 0.332 e. The van der Waals surface area contributed by atoms with Crippen molar-refractivity contribution < 1.29 is 4.79 Å². The number of rotatable bonds is 2. The summed E-state index contributed by atoms with van der Waals surface area (Å²) in [5.41, 5.74) is 0.528. The third-order valence-electron chi connectivity index (χ3n) is 4.15. The molecular weight excluding hydrogens is 300 g/mol. The Morgan fingerprint density at radius 1 is 1.22 bits per heavy atom. The maximum absolute atomic E-state index is 12.6. The lowest BCUT2D eigenvalue weighted by atomic mass is 10.2. The number of hydrazone groups is 1. The van der Waals surface area contributed by atoms with Crippen LogP contribution in [0.1, 0.15) is 26.8 Å². The van der Waals surface area contributed by atoms with Gasteiger partial charge in [-0.05, 0) is 20.8 Å². The lowest BCUT2D eigenvalue weighted by Gasteiger charge is -2.28. The van der Waals surface area contributed by atoms with Crippen LogP contribution in [-0.2, 0) is 18.9 Å². The molecule has 0 amide bonds. The highest BCUT2D eigenvalue weighted by Crippen LogP contribution is 2.29. The topological polar surface area (TPSA) is 94.5 Å². The fourth-order valence-corrected chi connectivity index (χ4v) is 2.77. The third kappa shape index (κ3) is 2.03. The van der Waals surface area contributed by atoms with Gasteiger partial charge >= 0.3 is 5.69 Å². The van der Waals surface area contributed by atoms with Crippen LogP contribution in [0.5, 0.6) is 0 Å². The average Bonchev–Trinajstić information content (AvgIpc) is 2.88. The Bertz CT molecular complexity index is 977. The number of aromatic nitrogens is 4. The van der Waals surface area contributed by atoms with Crippen molar-refractivity contribution in [2.24, 2.45) is 19.2 Å². The van der Waals surface area contributed by atoms with Gasteiger partial charge in [0.2, 0.25) is 5.95 Å². The summed E-state index contributed by atoms with van der Waals surface area (Å²) in [4.78, 5) is 40.6. The maximum Gasteiger partial charge on any atom is 0.332 e. The summed E-state index contributed by atoms with van der Waals surface area (Å²) in [6, 6.07) is -0.191. The Balaban J connectivity index is 2.43. The fraction of sp³-hybridized carbons (Fsp3) is 0.500. The zero-order valence-electron chi connectivity index (χ0n) is 13.7. The Kier molecular flexibility index (Phi) is 3.24. The molecule has 122 valence electrons. The van der Waals surface area contributed by atoms with Crippen molar-refractivity contribution in [3.05, 3.63) is 20.8 Å². The molecule has 9 heteroatoms. The number of hydrogen-bond acceptors (Lipinski definition) is 6. The van der Waals surface area contributed by atoms with Gasteiger partial charge in [0.05, 0.1) is 11.8 Å². The molecule has 0 spiro atoms. The predicted octanol–water partition coefficient (Wildman–Crippen LogP) is -0.220. The molecule has 0 unspecified atom stereocenters. The second-order valence-electron chi connectivity index (χ2n) is 5.84. The summed E-state index contributed by atoms with van der Waals surface area (Å²) in [6.07, 6.45) is 0. The van der Waals surface area contributed by atoms with E-state index in [0.717, 1.165) is 10.3 Å². The average molecular weight is 318 g/mol. The van der Waals surface area contributed by atoms with E-state index in [0.29, 0.717) is 17.1 Å². The highest BCUT2D eigenvalue weighted by Gasteiger charge is 2.30. The second kappa shape index (κ2) is 4.90. The smallest absolute Gasteiger partial charge is 0.298 e. The number of hydrogen-bond donors (Lipinski definition) is 0. The van der Waals surface area contributed by atoms with E-state index in [2.05, 4.69) is 10.1 Å². The van der Waals surface area contributed by atoms with Crippen LogP contribution in [-0.4, -0.2) is 36.7 Å². The number of anilines is 1. The first-order chi connectivity index (χ1) is 10.7. The van der Waals surface area contributed by atoms with Gasteiger partial charge in [-0.3, -0.25) is 23.3 Å². The minimum Gasteiger partial charge on any atom is -0.298 e. The minimum absolute atomic E-state index is 0.0572. The number of Topliss-reactive ketones (excluding diaryl/α,β-unsaturated/α-hetero) is 1. The molecule has 2 aromatic heterocycles. The molecule has 1 aliphatic rings. The van der Waals surface area contributed by atoms with Crippen molar-refractivity contribution in [1.29, 1.82) is 0 Å². The molecule has 0 radical (unpaired) electrons. The molecule has 0 saturated carbocycles. The number of ketones is 1. The second-order valence-corrected chi connectivity index (χ2v) is 5.84. The van der Waals surface area contributed by atoms with E-state index < -0.39 is 11.2 Å². The molecule has 2 aromatic rings. The number of imidazole rings is 1. The highest BCUT2D eigenvalue weighted by molar-refractivity contribution is 5.92. The van der Waals surface area contributed by atoms with E-state index in [1.54, 1.807) is 11.6 Å². The lowest BCUT2D eigenvalue weighted by Crippen LogP contribution is -2.39. The SMILES string of the molecule is CC(=O)CN1N=C(C)[C@@H](C)n2c1nc1c2c(=O)n(C)c(=O)n1C. The van der Waals surface area contributed by atoms with E-state index in [1.165, 1.54) is 23.5 Å². The summed E-state index contributed by atoms with van der Waals surface area (Å²) in [5, 5.41) is 5.87. The van der Waals surface area contributed by atoms with Crippen molar-refractivity contribution in [1.82, 2.24) is 18.7 Å². The van der Waals surface area contributed by atoms with Gasteiger partial charge in [-0.2, -0.15) is 10.1 Å². The summed E-state index contributed by atoms with van der Waals surface area (Å²) in [5.74, 6) is 0.322. The number of carbonyl (C=O) groups is 1. The van der Waals surface area contributed by atoms with Gasteiger partial charge in [-0.25, -0.2) is 9.80 Å². The Labute approximate surface area is 131 Å². The molecule has 0 aliphatic carbocycles. The first-order valence-corrected chi connectivity index (χ1v) is 7.24. The monoisotopic (exact) mass is 318 g/mol. The molecule has 0 N–H and O–H groups in total. The molecule has 1 atom stereocenters. The number of nitrogens with zero attached hydrogens (tertiary/aromatic N) is 6. The van der Waals surface area contributed by atoms with Gasteiger partial charge in [-0.1, -0.05) is 0 Å². The molecule has 0 saturated heterocycles. The molecule has 3 heterocycles. The first-order valence-electron chi connectivity index (χ1n) is 7.24. The highest BCUT2D eigenvalue weighted by atomic mass is 16.2. The Morgan fingerprint density at radius 3 is 2.48 bits per heavy atom. The van der Waals surface area contributed by atoms with E-state index in [-0.39, 0.29) is 18.4 Å². The van der Waals surface area contributed by atoms with Gasteiger partial charge in [0.25, 0.3) is 5.56 Å². The van der Waals surface area contributed by atoms with Crippen molar-refractivity contribution in [2.75, 3.05) is 11.6 Å². The summed E-state index contributed by atoms with van der Waals surface area (Å²) in [6.45, 7) is 5.25. The summed E-state index contributed by atoms with van der Waals surface area (Å²) >= 11 is 0. The summed E-state index contributed by atoms with van der Waals surface area (Å²) in [7, 11) is 3.00. The van der Waals surface area contributed by atoms with Crippen molar-refractivity contribution in [2.45, 2.75) is 26.8 Å². The maximum atomic E-state index is 12.6. The third-order valence-corrected chi connectivity index (χ3v) is 4.15. The molecule has 9 nitrogen and oxygen atoms in total. The van der Waals surface area contributed by atoms with Gasteiger partial charge in [0.15, 0.2) is 16.9 Å². The van der Waals surface area contributed by atoms with Gasteiger partial charge in [0.1, 0.15) is 6.54 Å². The zero-order valence-corrected chi connectivity index (χ0v) is 13.7. The van der Waals surface area contributed by atoms with Crippen molar-refractivity contribution in [3.63, 3.8) is 0 Å². The molecule has 23 heavy (non-hydrogen) atoms. The van der Waals surface area contributed by atoms with Crippen LogP contribution in [0, 0.1) is 0 Å². The van der Waals surface area contributed by atoms with E-state index >= 15 is 0 Å². The fourth-order valence-electron chi connectivity index (χ4n) is 2.77. The van der Waals surface area contributed by atoms with Gasteiger partial charge in [-0.15, -0.1) is 0 Å². The molecule has 3 rings (SSSR count). The van der Waals surface area contributed by atoms with Crippen LogP contribution in [0.2, 0.25) is 0 Å². The van der Waals surface area contributed by atoms with Crippen LogP contribution in [0.25, 0.3) is 11.2 Å². The zero-order chi connectivity index (χ0) is 17.0. The number of carbonyl (C=O) groups excluding carboxylic acids is 1. The summed E-state index contributed by atoms with van der Waals surface area (Å²) < 4.78 is 4.12. The van der Waals surface area contributed by atoms with Crippen molar-refractivity contribution >= 4 is 28.6 Å². The molecule has 0 bridgehead atoms. The normalized spacial score (nSPS) is 17.3. The van der Waals surface area contributed by atoms with Crippen LogP contribution in [0.4, 0.5) is 5.95 Å². The predicted molar refractivity (Wildman–Crippen MR) is 86.1 cm³/mol. The van der Waals surface area contributed by atoms with Gasteiger partial charge in [0, 0.05) is 14.1 Å². The Hall–Kier alpha value is -2.71. The molecule has 0 fully saturated rings. The quantitative estimate of drug-likeness (QED) is 0.763. The van der Waals surface area contributed by atoms with E-state index in [1.807, 2.05) is 13.8 Å². The van der Waals surface area contributed by atoms with E-state index in [4.69, 9.17) is 0 Å². The van der Waals surface area contributed by atoms with Crippen LogP contribution in [0.3, 0.4) is 0 Å². The van der Waals surface area contributed by atoms with Crippen molar-refractivity contribution in [3.8, 4) is 0 Å².